The quantitative estimate of drug-likeness (QED) is 0.728. The van der Waals surface area contributed by atoms with Gasteiger partial charge < -0.3 is 9.79 Å². The summed E-state index contributed by atoms with van der Waals surface area (Å²) < 4.78 is 10.6. The lowest BCUT2D eigenvalue weighted by atomic mass is 10.2. The largest absolute Gasteiger partial charge is 0.329 e. The third kappa shape index (κ3) is 3.37. The SMILES string of the molecule is O=P(O)(O)Cc1cccc(Cl)c1. The van der Waals surface area contributed by atoms with E-state index in [0.29, 0.717) is 10.6 Å². The maximum atomic E-state index is 10.6. The van der Waals surface area contributed by atoms with Crippen molar-refractivity contribution in [1.29, 1.82) is 0 Å². The zero-order valence-corrected chi connectivity index (χ0v) is 7.79. The smallest absolute Gasteiger partial charge is 0.324 e. The van der Waals surface area contributed by atoms with Crippen LogP contribution in [0.1, 0.15) is 5.56 Å². The molecule has 0 aliphatic carbocycles. The van der Waals surface area contributed by atoms with Gasteiger partial charge in [0.05, 0.1) is 6.16 Å². The second-order valence-electron chi connectivity index (χ2n) is 2.45. The zero-order valence-electron chi connectivity index (χ0n) is 6.14. The Morgan fingerprint density at radius 1 is 1.42 bits per heavy atom. The van der Waals surface area contributed by atoms with E-state index in [-0.39, 0.29) is 6.16 Å². The van der Waals surface area contributed by atoms with Crippen molar-refractivity contribution >= 4 is 19.2 Å². The maximum Gasteiger partial charge on any atom is 0.329 e. The van der Waals surface area contributed by atoms with Crippen LogP contribution >= 0.6 is 19.2 Å². The van der Waals surface area contributed by atoms with Gasteiger partial charge in [-0.2, -0.15) is 0 Å². The zero-order chi connectivity index (χ0) is 9.19. The van der Waals surface area contributed by atoms with Gasteiger partial charge in [-0.1, -0.05) is 23.7 Å². The number of rotatable bonds is 2. The Bertz CT molecular complexity index is 320. The fourth-order valence-electron chi connectivity index (χ4n) is 0.873. The van der Waals surface area contributed by atoms with Crippen molar-refractivity contribution in [3.8, 4) is 0 Å². The molecule has 0 atom stereocenters. The van der Waals surface area contributed by atoms with Gasteiger partial charge in [0.15, 0.2) is 0 Å². The van der Waals surface area contributed by atoms with E-state index >= 15 is 0 Å². The average Bonchev–Trinajstić information content (AvgIpc) is 1.82. The first-order chi connectivity index (χ1) is 5.47. The summed E-state index contributed by atoms with van der Waals surface area (Å²) in [4.78, 5) is 17.3. The van der Waals surface area contributed by atoms with Crippen LogP contribution in [0.3, 0.4) is 0 Å². The molecule has 3 nitrogen and oxygen atoms in total. The van der Waals surface area contributed by atoms with Crippen molar-refractivity contribution in [2.75, 3.05) is 0 Å². The molecule has 0 radical (unpaired) electrons. The van der Waals surface area contributed by atoms with Crippen LogP contribution in [0.2, 0.25) is 5.02 Å². The van der Waals surface area contributed by atoms with Crippen molar-refractivity contribution in [2.24, 2.45) is 0 Å². The second kappa shape index (κ2) is 3.58. The van der Waals surface area contributed by atoms with E-state index in [2.05, 4.69) is 0 Å². The molecule has 66 valence electrons. The standard InChI is InChI=1S/C7H8ClO3P/c8-7-3-1-2-6(4-7)5-12(9,10)11/h1-4H,5H2,(H2,9,10,11). The number of halogens is 1. The van der Waals surface area contributed by atoms with Gasteiger partial charge >= 0.3 is 7.60 Å². The molecule has 0 aliphatic heterocycles. The first kappa shape index (κ1) is 9.75. The monoisotopic (exact) mass is 206 g/mol. The molecular weight excluding hydrogens is 199 g/mol. The number of hydrogen-bond donors (Lipinski definition) is 2. The molecule has 0 aromatic heterocycles. The second-order valence-corrected chi connectivity index (χ2v) is 4.53. The Balaban J connectivity index is 2.84. The van der Waals surface area contributed by atoms with Crippen molar-refractivity contribution in [3.63, 3.8) is 0 Å². The van der Waals surface area contributed by atoms with Gasteiger partial charge in [0.2, 0.25) is 0 Å². The van der Waals surface area contributed by atoms with Crippen LogP contribution < -0.4 is 0 Å². The summed E-state index contributed by atoms with van der Waals surface area (Å²) in [5.41, 5.74) is 0.552. The Morgan fingerprint density at radius 3 is 2.58 bits per heavy atom. The van der Waals surface area contributed by atoms with Crippen LogP contribution in [-0.2, 0) is 10.7 Å². The molecule has 0 bridgehead atoms. The lowest BCUT2D eigenvalue weighted by Gasteiger charge is -2.03. The molecule has 0 amide bonds. The van der Waals surface area contributed by atoms with E-state index in [1.807, 2.05) is 0 Å². The van der Waals surface area contributed by atoms with Crippen molar-refractivity contribution < 1.29 is 14.4 Å². The molecule has 0 unspecified atom stereocenters. The lowest BCUT2D eigenvalue weighted by Crippen LogP contribution is -1.85. The van der Waals surface area contributed by atoms with Gasteiger partial charge in [-0.05, 0) is 17.7 Å². The number of benzene rings is 1. The first-order valence-electron chi connectivity index (χ1n) is 3.26. The fraction of sp³-hybridized carbons (Fsp3) is 0.143. The highest BCUT2D eigenvalue weighted by molar-refractivity contribution is 7.50. The minimum atomic E-state index is -3.97. The molecule has 0 saturated carbocycles. The summed E-state index contributed by atoms with van der Waals surface area (Å²) in [6.45, 7) is 0. The molecule has 5 heteroatoms. The summed E-state index contributed by atoms with van der Waals surface area (Å²) in [6.07, 6.45) is -0.256. The van der Waals surface area contributed by atoms with Gasteiger partial charge in [-0.3, -0.25) is 4.57 Å². The summed E-state index contributed by atoms with van der Waals surface area (Å²) in [5, 5.41) is 0.487. The lowest BCUT2D eigenvalue weighted by molar-refractivity contribution is 0.372. The average molecular weight is 207 g/mol. The van der Waals surface area contributed by atoms with E-state index in [0.717, 1.165) is 0 Å². The summed E-state index contributed by atoms with van der Waals surface area (Å²) in [6, 6.07) is 6.49. The minimum Gasteiger partial charge on any atom is -0.324 e. The molecule has 0 saturated heterocycles. The molecule has 0 aliphatic rings. The van der Waals surface area contributed by atoms with Crippen LogP contribution in [0.15, 0.2) is 24.3 Å². The predicted molar refractivity (Wildman–Crippen MR) is 47.2 cm³/mol. The predicted octanol–water partition coefficient (Wildman–Crippen LogP) is 2.02. The van der Waals surface area contributed by atoms with Gasteiger partial charge in [-0.15, -0.1) is 0 Å². The van der Waals surface area contributed by atoms with Crippen molar-refractivity contribution in [3.05, 3.63) is 34.9 Å². The normalized spacial score (nSPS) is 11.6. The topological polar surface area (TPSA) is 57.5 Å². The Hall–Kier alpha value is -0.340. The molecule has 1 aromatic carbocycles. The minimum absolute atomic E-state index is 0.256. The Kier molecular flexibility index (Phi) is 2.91. The van der Waals surface area contributed by atoms with Crippen LogP contribution in [0, 0.1) is 0 Å². The van der Waals surface area contributed by atoms with E-state index in [1.165, 1.54) is 0 Å². The van der Waals surface area contributed by atoms with Crippen LogP contribution in [-0.4, -0.2) is 9.79 Å². The summed E-state index contributed by atoms with van der Waals surface area (Å²) >= 11 is 5.62. The third-order valence-corrected chi connectivity index (χ3v) is 2.29. The van der Waals surface area contributed by atoms with Crippen molar-refractivity contribution in [1.82, 2.24) is 0 Å². The van der Waals surface area contributed by atoms with Crippen LogP contribution in [0.4, 0.5) is 0 Å². The maximum absolute atomic E-state index is 10.6. The van der Waals surface area contributed by atoms with E-state index in [9.17, 15) is 4.57 Å². The molecule has 0 fully saturated rings. The highest BCUT2D eigenvalue weighted by Crippen LogP contribution is 2.39. The molecular formula is C7H8ClO3P. The fourth-order valence-corrected chi connectivity index (χ4v) is 1.76. The van der Waals surface area contributed by atoms with E-state index in [4.69, 9.17) is 21.4 Å². The molecule has 0 spiro atoms. The van der Waals surface area contributed by atoms with Crippen molar-refractivity contribution in [2.45, 2.75) is 6.16 Å². The van der Waals surface area contributed by atoms with Crippen LogP contribution in [0.5, 0.6) is 0 Å². The van der Waals surface area contributed by atoms with E-state index in [1.54, 1.807) is 24.3 Å². The summed E-state index contributed by atoms with van der Waals surface area (Å²) in [7, 11) is -3.97. The Morgan fingerprint density at radius 2 is 2.08 bits per heavy atom. The first-order valence-corrected chi connectivity index (χ1v) is 5.44. The highest BCUT2D eigenvalue weighted by Gasteiger charge is 2.13. The number of hydrogen-bond acceptors (Lipinski definition) is 1. The Labute approximate surface area is 75.2 Å². The van der Waals surface area contributed by atoms with Gasteiger partial charge in [-0.25, -0.2) is 0 Å². The molecule has 0 heterocycles. The van der Waals surface area contributed by atoms with Gasteiger partial charge in [0.1, 0.15) is 0 Å². The third-order valence-electron chi connectivity index (χ3n) is 1.28. The molecule has 2 N–H and O–H groups in total. The van der Waals surface area contributed by atoms with Crippen LogP contribution in [0.25, 0.3) is 0 Å². The van der Waals surface area contributed by atoms with Gasteiger partial charge in [0, 0.05) is 5.02 Å². The van der Waals surface area contributed by atoms with E-state index < -0.39 is 7.60 Å². The summed E-state index contributed by atoms with van der Waals surface area (Å²) in [5.74, 6) is 0. The molecule has 12 heavy (non-hydrogen) atoms. The van der Waals surface area contributed by atoms with Gasteiger partial charge in [0.25, 0.3) is 0 Å². The highest BCUT2D eigenvalue weighted by atomic mass is 35.5. The molecule has 1 aromatic rings. The molecule has 1 rings (SSSR count).